The Morgan fingerprint density at radius 2 is 1.81 bits per heavy atom. The molecule has 4 nitrogen and oxygen atoms in total. The van der Waals surface area contributed by atoms with Gasteiger partial charge in [0.05, 0.1) is 30.3 Å². The number of nitrogens with one attached hydrogen (secondary N) is 1. The van der Waals surface area contributed by atoms with E-state index in [1.165, 1.54) is 0 Å². The first-order chi connectivity index (χ1) is 10.1. The number of fused-ring (bicyclic) bond motifs is 1. The zero-order valence-electron chi connectivity index (χ0n) is 11.4. The molecule has 108 valence electrons. The Morgan fingerprint density at radius 1 is 1.10 bits per heavy atom. The number of nitrogens with zero attached hydrogens (tertiary/aromatic N) is 1. The lowest BCUT2D eigenvalue weighted by molar-refractivity contribution is 0.356. The quantitative estimate of drug-likeness (QED) is 0.732. The molecule has 3 rings (SSSR count). The molecule has 0 atom stereocenters. The lowest BCUT2D eigenvalue weighted by Crippen LogP contribution is -1.89. The van der Waals surface area contributed by atoms with E-state index in [9.17, 15) is 0 Å². The summed E-state index contributed by atoms with van der Waals surface area (Å²) in [5.41, 5.74) is 2.48. The fourth-order valence-corrected chi connectivity index (χ4v) is 2.71. The predicted molar refractivity (Wildman–Crippen MR) is 87.3 cm³/mol. The molecule has 0 fully saturated rings. The van der Waals surface area contributed by atoms with Crippen LogP contribution >= 0.6 is 27.5 Å². The van der Waals surface area contributed by atoms with Gasteiger partial charge in [0.1, 0.15) is 5.82 Å². The fourth-order valence-electron chi connectivity index (χ4n) is 2.14. The second kappa shape index (κ2) is 5.58. The van der Waals surface area contributed by atoms with E-state index in [1.54, 1.807) is 14.2 Å². The molecule has 0 saturated heterocycles. The lowest BCUT2D eigenvalue weighted by Gasteiger charge is -2.06. The molecule has 0 saturated carbocycles. The molecule has 0 bridgehead atoms. The average molecular weight is 368 g/mol. The Bertz CT molecular complexity index is 776. The maximum atomic E-state index is 6.25. The molecular weight excluding hydrogens is 356 g/mol. The molecule has 6 heteroatoms. The van der Waals surface area contributed by atoms with Gasteiger partial charge in [0, 0.05) is 22.2 Å². The van der Waals surface area contributed by atoms with E-state index in [2.05, 4.69) is 25.9 Å². The highest BCUT2D eigenvalue weighted by Gasteiger charge is 2.13. The van der Waals surface area contributed by atoms with Crippen molar-refractivity contribution in [2.24, 2.45) is 0 Å². The third-order valence-electron chi connectivity index (χ3n) is 3.17. The van der Waals surface area contributed by atoms with E-state index in [0.29, 0.717) is 22.3 Å². The molecule has 0 aliphatic heterocycles. The van der Waals surface area contributed by atoms with Gasteiger partial charge in [0.2, 0.25) is 0 Å². The summed E-state index contributed by atoms with van der Waals surface area (Å²) in [4.78, 5) is 7.83. The number of methoxy groups -OCH3 is 2. The van der Waals surface area contributed by atoms with Gasteiger partial charge in [-0.05, 0) is 18.2 Å². The Balaban J connectivity index is 2.19. The topological polar surface area (TPSA) is 47.1 Å². The zero-order chi connectivity index (χ0) is 15.0. The average Bonchev–Trinajstić information content (AvgIpc) is 2.90. The van der Waals surface area contributed by atoms with E-state index < -0.39 is 0 Å². The van der Waals surface area contributed by atoms with Gasteiger partial charge in [-0.1, -0.05) is 27.5 Å². The minimum atomic E-state index is 0.635. The van der Waals surface area contributed by atoms with Crippen molar-refractivity contribution >= 4 is 38.6 Å². The number of hydrogen-bond acceptors (Lipinski definition) is 3. The standard InChI is InChI=1S/C15H12BrClN2O2/c1-20-13-6-11-12(7-14(13)21-2)19-15(18-11)9-5-8(16)3-4-10(9)17/h3-7H,1-2H3,(H,18,19). The second-order valence-electron chi connectivity index (χ2n) is 4.43. The normalized spacial score (nSPS) is 10.9. The summed E-state index contributed by atoms with van der Waals surface area (Å²) < 4.78 is 11.5. The van der Waals surface area contributed by atoms with Gasteiger partial charge >= 0.3 is 0 Å². The van der Waals surface area contributed by atoms with Gasteiger partial charge in [-0.15, -0.1) is 0 Å². The Hall–Kier alpha value is -1.72. The van der Waals surface area contributed by atoms with Crippen LogP contribution in [0.4, 0.5) is 0 Å². The summed E-state index contributed by atoms with van der Waals surface area (Å²) in [6, 6.07) is 9.33. The number of halogens is 2. The molecule has 0 aliphatic rings. The molecule has 3 aromatic rings. The van der Waals surface area contributed by atoms with E-state index in [-0.39, 0.29) is 0 Å². The molecule has 21 heavy (non-hydrogen) atoms. The number of benzene rings is 2. The van der Waals surface area contributed by atoms with Gasteiger partial charge < -0.3 is 14.5 Å². The zero-order valence-corrected chi connectivity index (χ0v) is 13.7. The third kappa shape index (κ3) is 2.59. The van der Waals surface area contributed by atoms with Gasteiger partial charge in [0.25, 0.3) is 0 Å². The summed E-state index contributed by atoms with van der Waals surface area (Å²) >= 11 is 9.69. The van der Waals surface area contributed by atoms with Crippen LogP contribution in [-0.4, -0.2) is 24.2 Å². The van der Waals surface area contributed by atoms with Gasteiger partial charge in [-0.2, -0.15) is 0 Å². The second-order valence-corrected chi connectivity index (χ2v) is 5.76. The van der Waals surface area contributed by atoms with Crippen LogP contribution in [0.5, 0.6) is 11.5 Å². The molecule has 0 amide bonds. The molecule has 1 N–H and O–H groups in total. The number of hydrogen-bond donors (Lipinski definition) is 1. The number of H-pyrrole nitrogens is 1. The predicted octanol–water partition coefficient (Wildman–Crippen LogP) is 4.66. The first-order valence-electron chi connectivity index (χ1n) is 6.19. The van der Waals surface area contributed by atoms with E-state index in [4.69, 9.17) is 21.1 Å². The van der Waals surface area contributed by atoms with Crippen LogP contribution in [0.2, 0.25) is 5.02 Å². The van der Waals surface area contributed by atoms with E-state index in [1.807, 2.05) is 30.3 Å². The Morgan fingerprint density at radius 3 is 2.52 bits per heavy atom. The Labute approximate surface area is 135 Å². The monoisotopic (exact) mass is 366 g/mol. The largest absolute Gasteiger partial charge is 0.493 e. The van der Waals surface area contributed by atoms with Crippen molar-refractivity contribution in [3.8, 4) is 22.9 Å². The summed E-state index contributed by atoms with van der Waals surface area (Å²) in [6.45, 7) is 0. The van der Waals surface area contributed by atoms with Crippen molar-refractivity contribution in [2.75, 3.05) is 14.2 Å². The van der Waals surface area contributed by atoms with E-state index in [0.717, 1.165) is 21.1 Å². The van der Waals surface area contributed by atoms with Crippen LogP contribution < -0.4 is 9.47 Å². The molecule has 2 aromatic carbocycles. The fraction of sp³-hybridized carbons (Fsp3) is 0.133. The van der Waals surface area contributed by atoms with Crippen LogP contribution in [0.1, 0.15) is 0 Å². The lowest BCUT2D eigenvalue weighted by atomic mass is 10.2. The van der Waals surface area contributed by atoms with Crippen LogP contribution in [0, 0.1) is 0 Å². The summed E-state index contributed by atoms with van der Waals surface area (Å²) in [5.74, 6) is 2.00. The number of aromatic nitrogens is 2. The number of ether oxygens (including phenoxy) is 2. The Kier molecular flexibility index (Phi) is 3.78. The van der Waals surface area contributed by atoms with Crippen LogP contribution in [0.3, 0.4) is 0 Å². The van der Waals surface area contributed by atoms with Gasteiger partial charge in [-0.3, -0.25) is 0 Å². The summed E-state index contributed by atoms with van der Waals surface area (Å²) in [5, 5.41) is 0.635. The molecular formula is C15H12BrClN2O2. The van der Waals surface area contributed by atoms with E-state index >= 15 is 0 Å². The van der Waals surface area contributed by atoms with Crippen LogP contribution in [0.25, 0.3) is 22.4 Å². The maximum absolute atomic E-state index is 6.25. The first kappa shape index (κ1) is 14.2. The summed E-state index contributed by atoms with van der Waals surface area (Å²) in [6.07, 6.45) is 0. The van der Waals surface area contributed by atoms with Gasteiger partial charge in [-0.25, -0.2) is 4.98 Å². The molecule has 0 radical (unpaired) electrons. The molecule has 0 spiro atoms. The van der Waals surface area contributed by atoms with Crippen molar-refractivity contribution in [1.29, 1.82) is 0 Å². The van der Waals surface area contributed by atoms with Crippen molar-refractivity contribution in [3.05, 3.63) is 39.8 Å². The minimum absolute atomic E-state index is 0.635. The number of rotatable bonds is 3. The van der Waals surface area contributed by atoms with Crippen molar-refractivity contribution in [1.82, 2.24) is 9.97 Å². The first-order valence-corrected chi connectivity index (χ1v) is 7.36. The van der Waals surface area contributed by atoms with Crippen molar-refractivity contribution in [2.45, 2.75) is 0 Å². The number of imidazole rings is 1. The smallest absolute Gasteiger partial charge is 0.163 e. The van der Waals surface area contributed by atoms with Crippen molar-refractivity contribution in [3.63, 3.8) is 0 Å². The van der Waals surface area contributed by atoms with Crippen molar-refractivity contribution < 1.29 is 9.47 Å². The SMILES string of the molecule is COc1cc2nc(-c3cc(Br)ccc3Cl)[nH]c2cc1OC. The van der Waals surface area contributed by atoms with Crippen LogP contribution in [0.15, 0.2) is 34.8 Å². The minimum Gasteiger partial charge on any atom is -0.493 e. The van der Waals surface area contributed by atoms with Gasteiger partial charge in [0.15, 0.2) is 11.5 Å². The third-order valence-corrected chi connectivity index (χ3v) is 3.99. The highest BCUT2D eigenvalue weighted by Crippen LogP contribution is 2.34. The number of aromatic amines is 1. The summed E-state index contributed by atoms with van der Waals surface area (Å²) in [7, 11) is 3.20. The highest BCUT2D eigenvalue weighted by molar-refractivity contribution is 9.10. The maximum Gasteiger partial charge on any atom is 0.163 e. The highest BCUT2D eigenvalue weighted by atomic mass is 79.9. The molecule has 1 heterocycles. The molecule has 0 unspecified atom stereocenters. The molecule has 0 aliphatic carbocycles. The molecule has 1 aromatic heterocycles. The van der Waals surface area contributed by atoms with Crippen LogP contribution in [-0.2, 0) is 0 Å².